The van der Waals surface area contributed by atoms with E-state index in [1.807, 2.05) is 6.92 Å². The fourth-order valence-corrected chi connectivity index (χ4v) is 0.330. The highest BCUT2D eigenvalue weighted by molar-refractivity contribution is 5.67. The number of ether oxygens (including phenoxy) is 1. The summed E-state index contributed by atoms with van der Waals surface area (Å²) in [4.78, 5) is 10.4. The van der Waals surface area contributed by atoms with E-state index in [1.165, 1.54) is 12.5 Å². The van der Waals surface area contributed by atoms with Crippen LogP contribution in [0.4, 0.5) is 4.79 Å². The molecule has 3 heteroatoms. The van der Waals surface area contributed by atoms with Gasteiger partial charge in [0.05, 0.1) is 0 Å². The van der Waals surface area contributed by atoms with Gasteiger partial charge in [-0.25, -0.2) is 4.79 Å². The van der Waals surface area contributed by atoms with Crippen molar-refractivity contribution in [2.24, 2.45) is 0 Å². The minimum absolute atomic E-state index is 0.270. The van der Waals surface area contributed by atoms with Crippen molar-refractivity contribution in [3.8, 4) is 0 Å². The van der Waals surface area contributed by atoms with Gasteiger partial charge in [-0.05, 0) is 6.92 Å². The number of amides is 1. The van der Waals surface area contributed by atoms with Gasteiger partial charge in [-0.15, -0.1) is 0 Å². The Morgan fingerprint density at radius 2 is 2.00 bits per heavy atom. The van der Waals surface area contributed by atoms with Gasteiger partial charge < -0.3 is 10.1 Å². The van der Waals surface area contributed by atoms with Crippen molar-refractivity contribution in [1.82, 2.24) is 5.32 Å². The number of hydrogen-bond donors (Lipinski definition) is 1. The van der Waals surface area contributed by atoms with Gasteiger partial charge in [0, 0.05) is 6.54 Å². The van der Waals surface area contributed by atoms with Crippen LogP contribution in [0.1, 0.15) is 27.2 Å². The van der Waals surface area contributed by atoms with Crippen molar-refractivity contribution in [1.29, 1.82) is 0 Å². The molecule has 0 spiro atoms. The standard InChI is InChI=1S/C6H11NO2.C3H8/c1-3-5-9-6(8)7-4-2;1-3-2/h3H,1,4-5H2,2H3,(H,7,8);3H2,1-2H3. The molecule has 0 saturated carbocycles. The lowest BCUT2D eigenvalue weighted by Crippen LogP contribution is -2.23. The fourth-order valence-electron chi connectivity index (χ4n) is 0.330. The van der Waals surface area contributed by atoms with Gasteiger partial charge in [-0.2, -0.15) is 0 Å². The number of alkyl carbamates (subject to hydrolysis) is 1. The molecule has 1 amide bonds. The van der Waals surface area contributed by atoms with E-state index >= 15 is 0 Å². The predicted molar refractivity (Wildman–Crippen MR) is 51.2 cm³/mol. The summed E-state index contributed by atoms with van der Waals surface area (Å²) in [5.74, 6) is 0. The highest BCUT2D eigenvalue weighted by atomic mass is 16.5. The molecule has 0 rings (SSSR count). The van der Waals surface area contributed by atoms with Crippen LogP contribution in [0.25, 0.3) is 0 Å². The highest BCUT2D eigenvalue weighted by Gasteiger charge is 1.93. The van der Waals surface area contributed by atoms with Crippen molar-refractivity contribution < 1.29 is 9.53 Å². The van der Waals surface area contributed by atoms with Gasteiger partial charge in [-0.1, -0.05) is 32.9 Å². The molecule has 0 aromatic carbocycles. The summed E-state index contributed by atoms with van der Waals surface area (Å²) in [6.45, 7) is 10.3. The van der Waals surface area contributed by atoms with Crippen molar-refractivity contribution in [3.05, 3.63) is 12.7 Å². The van der Waals surface area contributed by atoms with E-state index in [1.54, 1.807) is 0 Å². The van der Waals surface area contributed by atoms with Crippen molar-refractivity contribution in [2.75, 3.05) is 13.2 Å². The molecule has 0 radical (unpaired) electrons. The van der Waals surface area contributed by atoms with Crippen LogP contribution < -0.4 is 5.32 Å². The number of carbonyl (C=O) groups is 1. The quantitative estimate of drug-likeness (QED) is 0.665. The largest absolute Gasteiger partial charge is 0.445 e. The molecule has 0 saturated heterocycles. The Hall–Kier alpha value is -0.990. The minimum atomic E-state index is -0.391. The van der Waals surface area contributed by atoms with Crippen LogP contribution in [-0.4, -0.2) is 19.2 Å². The van der Waals surface area contributed by atoms with Crippen LogP contribution in [0.2, 0.25) is 0 Å². The molecule has 0 bridgehead atoms. The van der Waals surface area contributed by atoms with Gasteiger partial charge in [0.25, 0.3) is 0 Å². The van der Waals surface area contributed by atoms with E-state index < -0.39 is 6.09 Å². The van der Waals surface area contributed by atoms with Crippen molar-refractivity contribution in [2.45, 2.75) is 27.2 Å². The molecule has 0 heterocycles. The first kappa shape index (κ1) is 13.6. The Morgan fingerprint density at radius 3 is 2.33 bits per heavy atom. The van der Waals surface area contributed by atoms with Crippen molar-refractivity contribution in [3.63, 3.8) is 0 Å². The summed E-state index contributed by atoms with van der Waals surface area (Å²) < 4.78 is 4.56. The van der Waals surface area contributed by atoms with Gasteiger partial charge in [0.15, 0.2) is 0 Å². The maximum absolute atomic E-state index is 10.4. The van der Waals surface area contributed by atoms with Crippen LogP contribution in [0.5, 0.6) is 0 Å². The molecule has 1 N–H and O–H groups in total. The first-order chi connectivity index (χ1) is 5.72. The second-order valence-corrected chi connectivity index (χ2v) is 2.12. The molecule has 0 aromatic rings. The number of nitrogens with one attached hydrogen (secondary N) is 1. The van der Waals surface area contributed by atoms with E-state index in [0.717, 1.165) is 0 Å². The second kappa shape index (κ2) is 12.7. The van der Waals surface area contributed by atoms with Crippen LogP contribution in [0, 0.1) is 0 Å². The average molecular weight is 173 g/mol. The topological polar surface area (TPSA) is 38.3 Å². The van der Waals surface area contributed by atoms with E-state index in [-0.39, 0.29) is 6.61 Å². The SMILES string of the molecule is C=CCOC(=O)NCC.CCC. The summed E-state index contributed by atoms with van der Waals surface area (Å²) >= 11 is 0. The third-order valence-corrected chi connectivity index (χ3v) is 0.653. The average Bonchev–Trinajstić information content (AvgIpc) is 2.03. The first-order valence-electron chi connectivity index (χ1n) is 4.24. The lowest BCUT2D eigenvalue weighted by atomic mass is 10.6. The Labute approximate surface area is 74.8 Å². The zero-order chi connectivity index (χ0) is 9.82. The molecule has 0 aliphatic heterocycles. The van der Waals surface area contributed by atoms with E-state index in [0.29, 0.717) is 6.54 Å². The Morgan fingerprint density at radius 1 is 1.50 bits per heavy atom. The van der Waals surface area contributed by atoms with Crippen LogP contribution in [0.15, 0.2) is 12.7 Å². The zero-order valence-electron chi connectivity index (χ0n) is 8.22. The summed E-state index contributed by atoms with van der Waals surface area (Å²) in [6, 6.07) is 0. The molecule has 0 aliphatic carbocycles. The number of hydrogen-bond acceptors (Lipinski definition) is 2. The van der Waals surface area contributed by atoms with Gasteiger partial charge in [-0.3, -0.25) is 0 Å². The Balaban J connectivity index is 0. The molecule has 0 atom stereocenters. The van der Waals surface area contributed by atoms with Crippen LogP contribution >= 0.6 is 0 Å². The molecule has 3 nitrogen and oxygen atoms in total. The number of rotatable bonds is 3. The summed E-state index contributed by atoms with van der Waals surface area (Å²) in [5, 5.41) is 2.47. The number of carbonyl (C=O) groups excluding carboxylic acids is 1. The molecular weight excluding hydrogens is 154 g/mol. The third-order valence-electron chi connectivity index (χ3n) is 0.653. The van der Waals surface area contributed by atoms with Gasteiger partial charge in [0.1, 0.15) is 6.61 Å². The first-order valence-corrected chi connectivity index (χ1v) is 4.24. The van der Waals surface area contributed by atoms with E-state index in [2.05, 4.69) is 30.5 Å². The van der Waals surface area contributed by atoms with E-state index in [9.17, 15) is 4.79 Å². The van der Waals surface area contributed by atoms with Crippen molar-refractivity contribution >= 4 is 6.09 Å². The molecular formula is C9H19NO2. The second-order valence-electron chi connectivity index (χ2n) is 2.12. The molecule has 0 unspecified atom stereocenters. The molecule has 0 aliphatic rings. The Kier molecular flexibility index (Phi) is 14.3. The van der Waals surface area contributed by atoms with Crippen LogP contribution in [0.3, 0.4) is 0 Å². The predicted octanol–water partition coefficient (Wildman–Crippen LogP) is 2.33. The lowest BCUT2D eigenvalue weighted by molar-refractivity contribution is 0.159. The van der Waals surface area contributed by atoms with Gasteiger partial charge >= 0.3 is 6.09 Å². The smallest absolute Gasteiger partial charge is 0.407 e. The maximum atomic E-state index is 10.4. The van der Waals surface area contributed by atoms with Crippen LogP contribution in [-0.2, 0) is 4.74 Å². The molecule has 0 aromatic heterocycles. The fraction of sp³-hybridized carbons (Fsp3) is 0.667. The lowest BCUT2D eigenvalue weighted by Gasteiger charge is -1.99. The normalized spacial score (nSPS) is 7.58. The molecule has 72 valence electrons. The minimum Gasteiger partial charge on any atom is -0.445 e. The molecule has 12 heavy (non-hydrogen) atoms. The molecule has 0 fully saturated rings. The zero-order valence-corrected chi connectivity index (χ0v) is 8.22. The summed E-state index contributed by atoms with van der Waals surface area (Å²) in [7, 11) is 0. The van der Waals surface area contributed by atoms with E-state index in [4.69, 9.17) is 0 Å². The third kappa shape index (κ3) is 16.0. The highest BCUT2D eigenvalue weighted by Crippen LogP contribution is 1.75. The maximum Gasteiger partial charge on any atom is 0.407 e. The monoisotopic (exact) mass is 173 g/mol. The van der Waals surface area contributed by atoms with Gasteiger partial charge in [0.2, 0.25) is 0 Å². The summed E-state index contributed by atoms with van der Waals surface area (Å²) in [5.41, 5.74) is 0. The summed E-state index contributed by atoms with van der Waals surface area (Å²) in [6.07, 6.45) is 2.38. The Bertz CT molecular complexity index is 113.